The highest BCUT2D eigenvalue weighted by Gasteiger charge is 2.61. The van der Waals surface area contributed by atoms with Gasteiger partial charge in [-0.3, -0.25) is 24.2 Å². The Balaban J connectivity index is 1.50. The van der Waals surface area contributed by atoms with E-state index in [2.05, 4.69) is 5.32 Å². The van der Waals surface area contributed by atoms with Gasteiger partial charge in [0.1, 0.15) is 6.54 Å². The Labute approximate surface area is 200 Å². The minimum atomic E-state index is -1.23. The highest BCUT2D eigenvalue weighted by molar-refractivity contribution is 8.02. The first-order valence-electron chi connectivity index (χ1n) is 10.4. The number of thioether (sulfide) groups is 1. The number of carbonyl (C=O) groups is 3. The molecule has 2 aliphatic rings. The SMILES string of the molecule is Cc1ccc(N2C(=O)CS[C@@]23C(=O)N(CC(=O)Nc2ccc(Cl)cc2)c2ccccc23)cc1. The Kier molecular flexibility index (Phi) is 5.38. The van der Waals surface area contributed by atoms with E-state index in [4.69, 9.17) is 11.6 Å². The largest absolute Gasteiger partial charge is 0.325 e. The molecule has 1 atom stereocenters. The molecule has 6 nitrogen and oxygen atoms in total. The second-order valence-electron chi connectivity index (χ2n) is 7.96. The van der Waals surface area contributed by atoms with Crippen LogP contribution in [0.25, 0.3) is 0 Å². The Bertz CT molecular complexity index is 1260. The van der Waals surface area contributed by atoms with Crippen molar-refractivity contribution in [2.45, 2.75) is 11.8 Å². The molecular weight excluding hydrogens is 458 g/mol. The third-order valence-electron chi connectivity index (χ3n) is 5.79. The number of hydrogen-bond acceptors (Lipinski definition) is 4. The van der Waals surface area contributed by atoms with Crippen LogP contribution >= 0.6 is 23.4 Å². The Morgan fingerprint density at radius 3 is 2.45 bits per heavy atom. The van der Waals surface area contributed by atoms with Crippen LogP contribution in [-0.2, 0) is 19.3 Å². The smallest absolute Gasteiger partial charge is 0.269 e. The lowest BCUT2D eigenvalue weighted by Gasteiger charge is -2.33. The molecule has 5 rings (SSSR count). The van der Waals surface area contributed by atoms with Crippen molar-refractivity contribution in [3.05, 3.63) is 88.9 Å². The van der Waals surface area contributed by atoms with Crippen LogP contribution in [0.5, 0.6) is 0 Å². The van der Waals surface area contributed by atoms with Gasteiger partial charge in [0.15, 0.2) is 0 Å². The summed E-state index contributed by atoms with van der Waals surface area (Å²) in [5.74, 6) is -0.599. The second kappa shape index (κ2) is 8.24. The van der Waals surface area contributed by atoms with E-state index in [9.17, 15) is 14.4 Å². The van der Waals surface area contributed by atoms with Gasteiger partial charge in [-0.1, -0.05) is 47.5 Å². The van der Waals surface area contributed by atoms with Gasteiger partial charge in [0, 0.05) is 22.0 Å². The number of anilines is 3. The summed E-state index contributed by atoms with van der Waals surface area (Å²) < 4.78 is 0. The summed E-state index contributed by atoms with van der Waals surface area (Å²) in [6.45, 7) is 1.80. The number of hydrogen-bond donors (Lipinski definition) is 1. The van der Waals surface area contributed by atoms with Crippen molar-refractivity contribution in [2.24, 2.45) is 0 Å². The zero-order valence-electron chi connectivity index (χ0n) is 17.7. The van der Waals surface area contributed by atoms with Crippen molar-refractivity contribution >= 4 is 58.1 Å². The molecule has 0 bridgehead atoms. The standard InChI is InChI=1S/C25H20ClN3O3S/c1-16-6-12-19(13-7-16)29-23(31)15-33-25(29)20-4-2-3-5-21(20)28(24(25)32)14-22(30)27-18-10-8-17(26)9-11-18/h2-13H,14-15H2,1H3,(H,27,30)/t25-/m0/s1. The molecule has 166 valence electrons. The summed E-state index contributed by atoms with van der Waals surface area (Å²) >= 11 is 7.21. The fourth-order valence-corrected chi connectivity index (χ4v) is 5.77. The van der Waals surface area contributed by atoms with E-state index in [0.29, 0.717) is 27.6 Å². The average molecular weight is 478 g/mol. The predicted octanol–water partition coefficient (Wildman–Crippen LogP) is 4.57. The molecule has 1 spiro atoms. The number of amides is 3. The first-order chi connectivity index (χ1) is 15.9. The van der Waals surface area contributed by atoms with Crippen molar-refractivity contribution in [1.29, 1.82) is 0 Å². The lowest BCUT2D eigenvalue weighted by atomic mass is 10.0. The highest BCUT2D eigenvalue weighted by Crippen LogP contribution is 2.55. The highest BCUT2D eigenvalue weighted by atomic mass is 35.5. The summed E-state index contributed by atoms with van der Waals surface area (Å²) in [6, 6.07) is 21.7. The number of fused-ring (bicyclic) bond motifs is 2. The predicted molar refractivity (Wildman–Crippen MR) is 132 cm³/mol. The minimum absolute atomic E-state index is 0.139. The van der Waals surface area contributed by atoms with Gasteiger partial charge >= 0.3 is 0 Å². The molecule has 1 N–H and O–H groups in total. The van der Waals surface area contributed by atoms with Gasteiger partial charge in [-0.2, -0.15) is 0 Å². The van der Waals surface area contributed by atoms with Crippen molar-refractivity contribution in [3.63, 3.8) is 0 Å². The molecule has 2 aliphatic heterocycles. The third kappa shape index (κ3) is 3.57. The van der Waals surface area contributed by atoms with E-state index in [-0.39, 0.29) is 30.0 Å². The van der Waals surface area contributed by atoms with Crippen molar-refractivity contribution in [1.82, 2.24) is 0 Å². The number of carbonyl (C=O) groups excluding carboxylic acids is 3. The van der Waals surface area contributed by atoms with Gasteiger partial charge in [-0.15, -0.1) is 11.8 Å². The number of nitrogens with one attached hydrogen (secondary N) is 1. The Hall–Kier alpha value is -3.29. The molecule has 33 heavy (non-hydrogen) atoms. The van der Waals surface area contributed by atoms with Crippen LogP contribution in [0.3, 0.4) is 0 Å². The molecule has 3 aromatic carbocycles. The van der Waals surface area contributed by atoms with Crippen LogP contribution in [0, 0.1) is 6.92 Å². The molecule has 8 heteroatoms. The van der Waals surface area contributed by atoms with Crippen LogP contribution < -0.4 is 15.1 Å². The molecule has 0 saturated carbocycles. The van der Waals surface area contributed by atoms with Gasteiger partial charge < -0.3 is 5.32 Å². The number of para-hydroxylation sites is 1. The molecule has 1 saturated heterocycles. The number of halogens is 1. The number of aryl methyl sites for hydroxylation is 1. The van der Waals surface area contributed by atoms with Gasteiger partial charge in [0.05, 0.1) is 11.4 Å². The monoisotopic (exact) mass is 477 g/mol. The zero-order valence-corrected chi connectivity index (χ0v) is 19.3. The summed E-state index contributed by atoms with van der Waals surface area (Å²) in [5, 5.41) is 3.37. The summed E-state index contributed by atoms with van der Waals surface area (Å²) in [5.41, 5.74) is 3.65. The quantitative estimate of drug-likeness (QED) is 0.597. The molecule has 0 aromatic heterocycles. The first kappa shape index (κ1) is 21.6. The molecule has 0 aliphatic carbocycles. The average Bonchev–Trinajstić information content (AvgIpc) is 3.27. The molecule has 3 amide bonds. The lowest BCUT2D eigenvalue weighted by Crippen LogP contribution is -2.50. The fraction of sp³-hybridized carbons (Fsp3) is 0.160. The van der Waals surface area contributed by atoms with Crippen LogP contribution in [0.1, 0.15) is 11.1 Å². The topological polar surface area (TPSA) is 69.7 Å². The maximum Gasteiger partial charge on any atom is 0.269 e. The van der Waals surface area contributed by atoms with Gasteiger partial charge in [-0.25, -0.2) is 0 Å². The van der Waals surface area contributed by atoms with E-state index in [1.807, 2.05) is 55.5 Å². The summed E-state index contributed by atoms with van der Waals surface area (Å²) in [4.78, 5) is 41.6. The van der Waals surface area contributed by atoms with E-state index < -0.39 is 4.87 Å². The maximum absolute atomic E-state index is 13.9. The molecule has 1 fully saturated rings. The van der Waals surface area contributed by atoms with E-state index >= 15 is 0 Å². The molecule has 3 aromatic rings. The van der Waals surface area contributed by atoms with Crippen molar-refractivity contribution in [3.8, 4) is 0 Å². The van der Waals surface area contributed by atoms with Crippen LogP contribution in [-0.4, -0.2) is 30.0 Å². The van der Waals surface area contributed by atoms with E-state index in [0.717, 1.165) is 5.56 Å². The normalized spacial score (nSPS) is 19.3. The van der Waals surface area contributed by atoms with Gasteiger partial charge in [-0.05, 0) is 49.4 Å². The van der Waals surface area contributed by atoms with Gasteiger partial charge in [0.25, 0.3) is 5.91 Å². The third-order valence-corrected chi connectivity index (χ3v) is 7.42. The van der Waals surface area contributed by atoms with Crippen LogP contribution in [0.2, 0.25) is 5.02 Å². The summed E-state index contributed by atoms with van der Waals surface area (Å²) in [7, 11) is 0. The zero-order chi connectivity index (χ0) is 23.2. The number of rotatable bonds is 4. The number of nitrogens with zero attached hydrogens (tertiary/aromatic N) is 2. The van der Waals surface area contributed by atoms with Crippen LogP contribution in [0.4, 0.5) is 17.1 Å². The van der Waals surface area contributed by atoms with E-state index in [1.165, 1.54) is 16.7 Å². The van der Waals surface area contributed by atoms with Crippen molar-refractivity contribution < 1.29 is 14.4 Å². The fourth-order valence-electron chi connectivity index (χ4n) is 4.28. The lowest BCUT2D eigenvalue weighted by molar-refractivity contribution is -0.124. The molecular formula is C25H20ClN3O3S. The molecule has 0 unspecified atom stereocenters. The maximum atomic E-state index is 13.9. The summed E-state index contributed by atoms with van der Waals surface area (Å²) in [6.07, 6.45) is 0. The second-order valence-corrected chi connectivity index (χ2v) is 9.57. The van der Waals surface area contributed by atoms with Crippen LogP contribution in [0.15, 0.2) is 72.8 Å². The first-order valence-corrected chi connectivity index (χ1v) is 11.8. The van der Waals surface area contributed by atoms with Crippen molar-refractivity contribution in [2.75, 3.05) is 27.4 Å². The molecule has 0 radical (unpaired) electrons. The molecule has 2 heterocycles. The Morgan fingerprint density at radius 2 is 1.73 bits per heavy atom. The minimum Gasteiger partial charge on any atom is -0.325 e. The van der Waals surface area contributed by atoms with E-state index in [1.54, 1.807) is 29.2 Å². The number of benzene rings is 3. The van der Waals surface area contributed by atoms with Gasteiger partial charge in [0.2, 0.25) is 16.7 Å². The Morgan fingerprint density at radius 1 is 1.03 bits per heavy atom.